The molecule has 2 aromatic rings. The zero-order valence-corrected chi connectivity index (χ0v) is 14.2. The van der Waals surface area contributed by atoms with Crippen molar-refractivity contribution in [3.8, 4) is 11.5 Å². The van der Waals surface area contributed by atoms with E-state index >= 15 is 0 Å². The molecule has 0 saturated carbocycles. The number of hydrogen-bond acceptors (Lipinski definition) is 4. The molecule has 0 aliphatic rings. The first kappa shape index (κ1) is 17.6. The molecule has 0 radical (unpaired) electrons. The molecule has 0 bridgehead atoms. The minimum absolute atomic E-state index is 0.0140. The Balaban J connectivity index is 2.38. The topological polar surface area (TPSA) is 52.6 Å². The molecule has 0 saturated heterocycles. The van der Waals surface area contributed by atoms with Crippen LogP contribution in [0, 0.1) is 0 Å². The average molecular weight is 374 g/mol. The van der Waals surface area contributed by atoms with Crippen molar-refractivity contribution in [2.24, 2.45) is 0 Å². The molecule has 0 heterocycles. The number of hydrogen-bond donors (Lipinski definition) is 0. The third-order valence-corrected chi connectivity index (χ3v) is 3.53. The van der Waals surface area contributed by atoms with Crippen molar-refractivity contribution < 1.29 is 19.1 Å². The monoisotopic (exact) mass is 372 g/mol. The van der Waals surface area contributed by atoms with Gasteiger partial charge in [0.05, 0.1) is 17.2 Å². The van der Waals surface area contributed by atoms with E-state index in [0.717, 1.165) is 0 Å². The summed E-state index contributed by atoms with van der Waals surface area (Å²) in [5.74, 6) is -0.486. The molecule has 0 N–H and O–H groups in total. The molecule has 0 spiro atoms. The number of carbonyl (C=O) groups excluding carboxylic acids is 2. The molecule has 0 atom stereocenters. The van der Waals surface area contributed by atoms with Gasteiger partial charge in [-0.25, -0.2) is 4.79 Å². The summed E-state index contributed by atoms with van der Waals surface area (Å²) in [5, 5.41) is -0.255. The van der Waals surface area contributed by atoms with Crippen LogP contribution in [-0.4, -0.2) is 17.8 Å². The van der Waals surface area contributed by atoms with Crippen molar-refractivity contribution in [1.82, 2.24) is 0 Å². The summed E-state index contributed by atoms with van der Waals surface area (Å²) in [4.78, 5) is 23.5. The van der Waals surface area contributed by atoms with Crippen LogP contribution in [0.15, 0.2) is 36.4 Å². The molecule has 2 rings (SSSR count). The number of ether oxygens (including phenoxy) is 2. The summed E-state index contributed by atoms with van der Waals surface area (Å²) < 4.78 is 10.7. The Morgan fingerprint density at radius 3 is 2.43 bits per heavy atom. The summed E-state index contributed by atoms with van der Waals surface area (Å²) in [6.45, 7) is 2.03. The molecule has 0 unspecified atom stereocenters. The largest absolute Gasteiger partial charge is 0.490 e. The Bertz CT molecular complexity index is 759. The highest BCUT2D eigenvalue weighted by atomic mass is 35.5. The normalized spacial score (nSPS) is 10.3. The molecule has 0 aliphatic carbocycles. The van der Waals surface area contributed by atoms with E-state index in [4.69, 9.17) is 44.3 Å². The van der Waals surface area contributed by atoms with Gasteiger partial charge in [-0.15, -0.1) is 0 Å². The van der Waals surface area contributed by atoms with Gasteiger partial charge in [-0.1, -0.05) is 29.3 Å². The summed E-state index contributed by atoms with van der Waals surface area (Å²) in [5.41, 5.74) is 0.399. The molecule has 2 aromatic carbocycles. The number of carbonyl (C=O) groups is 2. The molecule has 23 heavy (non-hydrogen) atoms. The first-order valence-corrected chi connectivity index (χ1v) is 7.69. The minimum atomic E-state index is -0.694. The molecule has 7 heteroatoms. The van der Waals surface area contributed by atoms with Crippen LogP contribution in [0.5, 0.6) is 11.5 Å². The predicted octanol–water partition coefficient (Wildman–Crippen LogP) is 4.99. The summed E-state index contributed by atoms with van der Waals surface area (Å²) >= 11 is 17.4. The van der Waals surface area contributed by atoms with Gasteiger partial charge < -0.3 is 9.47 Å². The Hall–Kier alpha value is -1.75. The van der Waals surface area contributed by atoms with E-state index < -0.39 is 11.2 Å². The average Bonchev–Trinajstić information content (AvgIpc) is 2.50. The van der Waals surface area contributed by atoms with Crippen molar-refractivity contribution >= 4 is 46.0 Å². The minimum Gasteiger partial charge on any atom is -0.490 e. The van der Waals surface area contributed by atoms with Gasteiger partial charge in [-0.3, -0.25) is 4.79 Å². The fourth-order valence-corrected chi connectivity index (χ4v) is 2.36. The fraction of sp³-hybridized carbons (Fsp3) is 0.125. The summed E-state index contributed by atoms with van der Waals surface area (Å²) in [7, 11) is 0. The summed E-state index contributed by atoms with van der Waals surface area (Å²) in [6, 6.07) is 8.95. The number of benzene rings is 2. The van der Waals surface area contributed by atoms with Gasteiger partial charge in [0.15, 0.2) is 11.5 Å². The Kier molecular flexibility index (Phi) is 5.88. The van der Waals surface area contributed by atoms with Crippen LogP contribution in [0.25, 0.3) is 0 Å². The highest BCUT2D eigenvalue weighted by molar-refractivity contribution is 6.67. The van der Waals surface area contributed by atoms with Crippen molar-refractivity contribution in [2.75, 3.05) is 6.61 Å². The van der Waals surface area contributed by atoms with Gasteiger partial charge in [0.2, 0.25) is 0 Å². The maximum absolute atomic E-state index is 12.2. The van der Waals surface area contributed by atoms with Gasteiger partial charge in [-0.2, -0.15) is 0 Å². The van der Waals surface area contributed by atoms with E-state index in [1.807, 2.05) is 0 Å². The summed E-state index contributed by atoms with van der Waals surface area (Å²) in [6.07, 6.45) is 0. The second kappa shape index (κ2) is 7.68. The van der Waals surface area contributed by atoms with Crippen LogP contribution in [0.2, 0.25) is 10.0 Å². The molecule has 0 amide bonds. The maximum Gasteiger partial charge on any atom is 0.343 e. The molecule has 0 aliphatic heterocycles. The SMILES string of the molecule is CCOc1cc(C(=O)Cl)cc(Cl)c1OC(=O)c1cccc(Cl)c1. The molecule has 4 nitrogen and oxygen atoms in total. The highest BCUT2D eigenvalue weighted by Gasteiger charge is 2.19. The lowest BCUT2D eigenvalue weighted by atomic mass is 10.2. The van der Waals surface area contributed by atoms with Crippen LogP contribution >= 0.6 is 34.8 Å². The van der Waals surface area contributed by atoms with E-state index in [9.17, 15) is 9.59 Å². The van der Waals surface area contributed by atoms with E-state index in [1.54, 1.807) is 25.1 Å². The maximum atomic E-state index is 12.2. The van der Waals surface area contributed by atoms with E-state index in [-0.39, 0.29) is 34.3 Å². The molecular formula is C16H11Cl3O4. The Morgan fingerprint density at radius 2 is 1.83 bits per heavy atom. The van der Waals surface area contributed by atoms with Crippen LogP contribution in [-0.2, 0) is 0 Å². The van der Waals surface area contributed by atoms with Crippen molar-refractivity contribution in [3.05, 3.63) is 57.6 Å². The first-order valence-electron chi connectivity index (χ1n) is 6.56. The van der Waals surface area contributed by atoms with Crippen LogP contribution < -0.4 is 9.47 Å². The quantitative estimate of drug-likeness (QED) is 0.421. The van der Waals surface area contributed by atoms with Gasteiger partial charge in [0.25, 0.3) is 5.24 Å². The van der Waals surface area contributed by atoms with Crippen LogP contribution in [0.1, 0.15) is 27.6 Å². The van der Waals surface area contributed by atoms with E-state index in [1.165, 1.54) is 18.2 Å². The molecule has 0 fully saturated rings. The van der Waals surface area contributed by atoms with Crippen molar-refractivity contribution in [1.29, 1.82) is 0 Å². The van der Waals surface area contributed by atoms with Crippen LogP contribution in [0.4, 0.5) is 0 Å². The zero-order valence-electron chi connectivity index (χ0n) is 11.9. The lowest BCUT2D eigenvalue weighted by molar-refractivity contribution is 0.0728. The standard InChI is InChI=1S/C16H11Cl3O4/c1-2-22-13-8-10(15(19)20)7-12(18)14(13)23-16(21)9-4-3-5-11(17)6-9/h3-8H,2H2,1H3. The van der Waals surface area contributed by atoms with Gasteiger partial charge in [0.1, 0.15) is 0 Å². The second-order valence-electron chi connectivity index (χ2n) is 4.39. The number of esters is 1. The second-order valence-corrected chi connectivity index (χ2v) is 5.58. The zero-order chi connectivity index (χ0) is 17.0. The fourth-order valence-electron chi connectivity index (χ4n) is 1.81. The van der Waals surface area contributed by atoms with Crippen LogP contribution in [0.3, 0.4) is 0 Å². The lowest BCUT2D eigenvalue weighted by Crippen LogP contribution is -2.10. The number of halogens is 3. The lowest BCUT2D eigenvalue weighted by Gasteiger charge is -2.13. The van der Waals surface area contributed by atoms with E-state index in [0.29, 0.717) is 5.02 Å². The van der Waals surface area contributed by atoms with Gasteiger partial charge in [-0.05, 0) is 48.9 Å². The molecular weight excluding hydrogens is 363 g/mol. The first-order chi connectivity index (χ1) is 10.9. The molecule has 0 aromatic heterocycles. The van der Waals surface area contributed by atoms with E-state index in [2.05, 4.69) is 0 Å². The third kappa shape index (κ3) is 4.38. The third-order valence-electron chi connectivity index (χ3n) is 2.79. The van der Waals surface area contributed by atoms with Gasteiger partial charge >= 0.3 is 5.97 Å². The number of rotatable bonds is 5. The van der Waals surface area contributed by atoms with Gasteiger partial charge in [0, 0.05) is 10.6 Å². The van der Waals surface area contributed by atoms with Crippen molar-refractivity contribution in [3.63, 3.8) is 0 Å². The van der Waals surface area contributed by atoms with Crippen molar-refractivity contribution in [2.45, 2.75) is 6.92 Å². The molecule has 120 valence electrons. The predicted molar refractivity (Wildman–Crippen MR) is 89.2 cm³/mol. The smallest absolute Gasteiger partial charge is 0.343 e. The highest BCUT2D eigenvalue weighted by Crippen LogP contribution is 2.37. The Labute approximate surface area is 147 Å². The Morgan fingerprint density at radius 1 is 1.09 bits per heavy atom.